The Labute approximate surface area is 161 Å². The summed E-state index contributed by atoms with van der Waals surface area (Å²) in [6.07, 6.45) is 0. The Morgan fingerprint density at radius 2 is 1.74 bits per heavy atom. The van der Waals surface area contributed by atoms with E-state index in [0.717, 1.165) is 0 Å². The molecule has 0 saturated carbocycles. The molecular formula is C18H22N2O6S. The summed E-state index contributed by atoms with van der Waals surface area (Å²) in [4.78, 5) is 38.8. The molecule has 2 fully saturated rings. The van der Waals surface area contributed by atoms with Gasteiger partial charge in [0.15, 0.2) is 0 Å². The van der Waals surface area contributed by atoms with Gasteiger partial charge in [-0.15, -0.1) is 11.8 Å². The number of nitrogens with zero attached hydrogens (tertiary/aromatic N) is 1. The first-order valence-electron chi connectivity index (χ1n) is 8.35. The summed E-state index contributed by atoms with van der Waals surface area (Å²) in [6, 6.07) is 4.01. The van der Waals surface area contributed by atoms with Gasteiger partial charge in [0.2, 0.25) is 0 Å². The first-order valence-corrected chi connectivity index (χ1v) is 9.23. The molecule has 8 nitrogen and oxygen atoms in total. The highest BCUT2D eigenvalue weighted by atomic mass is 32.2. The van der Waals surface area contributed by atoms with Gasteiger partial charge in [0, 0.05) is 4.75 Å². The van der Waals surface area contributed by atoms with Gasteiger partial charge in [0.25, 0.3) is 11.8 Å². The predicted molar refractivity (Wildman–Crippen MR) is 99.1 cm³/mol. The first-order chi connectivity index (χ1) is 12.6. The van der Waals surface area contributed by atoms with Crippen LogP contribution < -0.4 is 14.8 Å². The Morgan fingerprint density at radius 3 is 2.22 bits per heavy atom. The summed E-state index contributed by atoms with van der Waals surface area (Å²) in [6.45, 7) is 5.19. The molecule has 0 aromatic heterocycles. The second-order valence-corrected chi connectivity index (χ2v) is 8.96. The lowest BCUT2D eigenvalue weighted by Gasteiger charge is -2.51. The number of fused-ring (bicyclic) bond motifs is 1. The number of carboxylic acid groups (broad SMARTS) is 1. The van der Waals surface area contributed by atoms with Gasteiger partial charge in [-0.05, 0) is 32.9 Å². The number of carbonyl (C=O) groups excluding carboxylic acids is 2. The molecule has 2 aliphatic rings. The van der Waals surface area contributed by atoms with Gasteiger partial charge in [-0.2, -0.15) is 0 Å². The van der Waals surface area contributed by atoms with Crippen molar-refractivity contribution in [2.24, 2.45) is 0 Å². The molecule has 27 heavy (non-hydrogen) atoms. The topological polar surface area (TPSA) is 105 Å². The number of hydrogen-bond donors (Lipinski definition) is 2. The molecule has 2 saturated heterocycles. The van der Waals surface area contributed by atoms with Crippen molar-refractivity contribution in [1.29, 1.82) is 0 Å². The lowest BCUT2D eigenvalue weighted by atomic mass is 9.86. The third kappa shape index (κ3) is 2.72. The van der Waals surface area contributed by atoms with E-state index >= 15 is 0 Å². The largest absolute Gasteiger partial charge is 0.496 e. The number of rotatable bonds is 5. The highest BCUT2D eigenvalue weighted by molar-refractivity contribution is 8.01. The maximum Gasteiger partial charge on any atom is 0.327 e. The summed E-state index contributed by atoms with van der Waals surface area (Å²) >= 11 is 1.37. The average molecular weight is 394 g/mol. The van der Waals surface area contributed by atoms with Crippen LogP contribution in [0.3, 0.4) is 0 Å². The number of aliphatic carboxylic acids is 1. The maximum absolute atomic E-state index is 13.0. The molecule has 1 aromatic rings. The fourth-order valence-corrected chi connectivity index (χ4v) is 5.36. The quantitative estimate of drug-likeness (QED) is 0.726. The molecule has 0 aliphatic carbocycles. The Kier molecular flexibility index (Phi) is 4.54. The van der Waals surface area contributed by atoms with E-state index in [-0.39, 0.29) is 5.56 Å². The van der Waals surface area contributed by atoms with Crippen LogP contribution in [0.25, 0.3) is 0 Å². The zero-order valence-electron chi connectivity index (χ0n) is 15.7. The molecule has 3 atom stereocenters. The smallest absolute Gasteiger partial charge is 0.327 e. The van der Waals surface area contributed by atoms with Gasteiger partial charge in [0.05, 0.1) is 14.2 Å². The second-order valence-electron chi connectivity index (χ2n) is 7.22. The molecule has 2 aliphatic heterocycles. The molecular weight excluding hydrogens is 372 g/mol. The van der Waals surface area contributed by atoms with E-state index in [4.69, 9.17) is 9.47 Å². The van der Waals surface area contributed by atoms with Crippen LogP contribution in [0, 0.1) is 0 Å². The number of benzene rings is 1. The highest BCUT2D eigenvalue weighted by Crippen LogP contribution is 2.54. The van der Waals surface area contributed by atoms with Crippen molar-refractivity contribution in [3.05, 3.63) is 23.8 Å². The standard InChI is InChI=1S/C18H22N2O6S/c1-17(2)12(14(22)23)20-15(24)18(3,16(20)27-17)19-13(21)11-9(25-4)7-6-8-10(11)26-5/h6-8,12,16H,1-5H3,(H,19,21)(H,22,23)/t12-,16+,18-/m0/s1. The molecule has 2 N–H and O–H groups in total. The van der Waals surface area contributed by atoms with Crippen LogP contribution in [0.2, 0.25) is 0 Å². The zero-order valence-corrected chi connectivity index (χ0v) is 16.5. The number of β-lactam (4-membered cyclic amide) rings is 1. The molecule has 1 aromatic carbocycles. The third-order valence-electron chi connectivity index (χ3n) is 5.04. The molecule has 0 unspecified atom stereocenters. The van der Waals surface area contributed by atoms with E-state index in [1.54, 1.807) is 39.0 Å². The minimum absolute atomic E-state index is 0.187. The van der Waals surface area contributed by atoms with Crippen molar-refractivity contribution in [3.8, 4) is 11.5 Å². The molecule has 2 heterocycles. The summed E-state index contributed by atoms with van der Waals surface area (Å²) in [5.41, 5.74) is -1.03. The molecule has 0 bridgehead atoms. The van der Waals surface area contributed by atoms with Crippen molar-refractivity contribution in [2.75, 3.05) is 14.2 Å². The Balaban J connectivity index is 1.91. The number of thioether (sulfide) groups is 1. The average Bonchev–Trinajstić information content (AvgIpc) is 2.90. The lowest BCUT2D eigenvalue weighted by molar-refractivity contribution is -0.165. The van der Waals surface area contributed by atoms with E-state index in [9.17, 15) is 19.5 Å². The second kappa shape index (κ2) is 6.33. The Bertz CT molecular complexity index is 804. The minimum Gasteiger partial charge on any atom is -0.496 e. The third-order valence-corrected chi connectivity index (χ3v) is 6.79. The number of ether oxygens (including phenoxy) is 2. The molecule has 0 radical (unpaired) electrons. The zero-order chi connectivity index (χ0) is 20.1. The van der Waals surface area contributed by atoms with Crippen LogP contribution in [0.1, 0.15) is 31.1 Å². The van der Waals surface area contributed by atoms with Gasteiger partial charge in [-0.25, -0.2) is 4.79 Å². The van der Waals surface area contributed by atoms with Crippen molar-refractivity contribution in [2.45, 2.75) is 42.5 Å². The molecule has 9 heteroatoms. The Morgan fingerprint density at radius 1 is 1.19 bits per heavy atom. The van der Waals surface area contributed by atoms with Crippen molar-refractivity contribution < 1.29 is 29.0 Å². The summed E-state index contributed by atoms with van der Waals surface area (Å²) in [7, 11) is 2.88. The van der Waals surface area contributed by atoms with Crippen LogP contribution >= 0.6 is 11.8 Å². The number of amides is 2. The van der Waals surface area contributed by atoms with E-state index in [0.29, 0.717) is 11.5 Å². The number of nitrogens with one attached hydrogen (secondary N) is 1. The SMILES string of the molecule is COc1cccc(OC)c1C(=O)N[C@@]1(C)C(=O)N2[C@@H](C(=O)O)C(C)(C)S[C@@H]21. The predicted octanol–water partition coefficient (Wildman–Crippen LogP) is 1.34. The Hall–Kier alpha value is -2.42. The number of carboxylic acids is 1. The lowest BCUT2D eigenvalue weighted by Crippen LogP contribution is -2.78. The minimum atomic E-state index is -1.21. The molecule has 2 amide bonds. The number of hydrogen-bond acceptors (Lipinski definition) is 6. The number of carbonyl (C=O) groups is 3. The van der Waals surface area contributed by atoms with Crippen LogP contribution in [0.5, 0.6) is 11.5 Å². The highest BCUT2D eigenvalue weighted by Gasteiger charge is 2.70. The van der Waals surface area contributed by atoms with Gasteiger partial charge in [0.1, 0.15) is 34.0 Å². The van der Waals surface area contributed by atoms with Crippen LogP contribution in [0.15, 0.2) is 18.2 Å². The van der Waals surface area contributed by atoms with Gasteiger partial charge >= 0.3 is 5.97 Å². The van der Waals surface area contributed by atoms with Gasteiger partial charge in [-0.3, -0.25) is 9.59 Å². The fraction of sp³-hybridized carbons (Fsp3) is 0.500. The van der Waals surface area contributed by atoms with Crippen LogP contribution in [-0.2, 0) is 9.59 Å². The van der Waals surface area contributed by atoms with E-state index in [1.165, 1.54) is 30.9 Å². The van der Waals surface area contributed by atoms with Crippen LogP contribution in [-0.4, -0.2) is 63.7 Å². The van der Waals surface area contributed by atoms with Crippen molar-refractivity contribution >= 4 is 29.5 Å². The maximum atomic E-state index is 13.0. The summed E-state index contributed by atoms with van der Waals surface area (Å²) < 4.78 is 9.83. The van der Waals surface area contributed by atoms with E-state index in [1.807, 2.05) is 0 Å². The van der Waals surface area contributed by atoms with Crippen LogP contribution in [0.4, 0.5) is 0 Å². The number of methoxy groups -OCH3 is 2. The molecule has 3 rings (SSSR count). The fourth-order valence-electron chi connectivity index (χ4n) is 3.71. The van der Waals surface area contributed by atoms with Gasteiger partial charge in [-0.1, -0.05) is 6.07 Å². The summed E-state index contributed by atoms with van der Waals surface area (Å²) in [5.74, 6) is -1.34. The van der Waals surface area contributed by atoms with Crippen molar-refractivity contribution in [1.82, 2.24) is 10.2 Å². The van der Waals surface area contributed by atoms with Crippen molar-refractivity contribution in [3.63, 3.8) is 0 Å². The molecule has 146 valence electrons. The summed E-state index contributed by atoms with van der Waals surface area (Å²) in [5, 5.41) is 11.8. The van der Waals surface area contributed by atoms with Gasteiger partial charge < -0.3 is 24.8 Å². The normalized spacial score (nSPS) is 28.2. The van der Waals surface area contributed by atoms with E-state index < -0.39 is 39.5 Å². The monoisotopic (exact) mass is 394 g/mol. The molecule has 0 spiro atoms. The first kappa shape index (κ1) is 19.3. The van der Waals surface area contributed by atoms with E-state index in [2.05, 4.69) is 5.32 Å².